The molecule has 0 aliphatic heterocycles. The van der Waals surface area contributed by atoms with Crippen molar-refractivity contribution in [2.45, 2.75) is 39.0 Å². The quantitative estimate of drug-likeness (QED) is 0.829. The highest BCUT2D eigenvalue weighted by Crippen LogP contribution is 2.24. The van der Waals surface area contributed by atoms with Crippen LogP contribution in [0.4, 0.5) is 0 Å². The molecule has 0 saturated carbocycles. The summed E-state index contributed by atoms with van der Waals surface area (Å²) in [6.45, 7) is 2.50. The van der Waals surface area contributed by atoms with Crippen molar-refractivity contribution in [2.24, 2.45) is 0 Å². The third kappa shape index (κ3) is 3.13. The third-order valence-electron chi connectivity index (χ3n) is 4.05. The Balaban J connectivity index is 1.65. The Labute approximate surface area is 129 Å². The molecule has 0 spiro atoms. The van der Waals surface area contributed by atoms with Gasteiger partial charge in [0.05, 0.1) is 11.8 Å². The minimum absolute atomic E-state index is 0.103. The second-order valence-corrected chi connectivity index (χ2v) is 5.66. The molecule has 2 aromatic heterocycles. The molecule has 1 aliphatic carbocycles. The topological polar surface area (TPSA) is 70.9 Å². The summed E-state index contributed by atoms with van der Waals surface area (Å²) in [6.07, 6.45) is 9.72. The van der Waals surface area contributed by atoms with E-state index in [1.54, 1.807) is 18.4 Å². The molecular formula is C17H21N3O2. The van der Waals surface area contributed by atoms with Crippen molar-refractivity contribution in [3.05, 3.63) is 41.3 Å². The number of carbonyl (C=O) groups excluding carboxylic acids is 1. The minimum Gasteiger partial charge on any atom is -0.463 e. The maximum absolute atomic E-state index is 12.5. The van der Waals surface area contributed by atoms with Crippen molar-refractivity contribution >= 4 is 5.91 Å². The molecule has 5 heteroatoms. The fourth-order valence-electron chi connectivity index (χ4n) is 2.86. The lowest BCUT2D eigenvalue weighted by atomic mass is 9.97. The van der Waals surface area contributed by atoms with Crippen LogP contribution in [0.1, 0.15) is 48.2 Å². The molecule has 0 aromatic carbocycles. The van der Waals surface area contributed by atoms with Crippen LogP contribution < -0.4 is 5.32 Å². The number of furan rings is 1. The number of amides is 1. The lowest BCUT2D eigenvalue weighted by Gasteiger charge is -2.13. The number of allylic oxidation sites excluding steroid dienone is 1. The van der Waals surface area contributed by atoms with Crippen LogP contribution in [0.2, 0.25) is 0 Å². The molecule has 0 bridgehead atoms. The highest BCUT2D eigenvalue weighted by molar-refractivity contribution is 6.00. The lowest BCUT2D eigenvalue weighted by molar-refractivity contribution is 0.0954. The largest absolute Gasteiger partial charge is 0.463 e. The predicted octanol–water partition coefficient (Wildman–Crippen LogP) is 3.60. The van der Waals surface area contributed by atoms with Crippen LogP contribution in [-0.2, 0) is 0 Å². The highest BCUT2D eigenvalue weighted by atomic mass is 16.3. The van der Waals surface area contributed by atoms with Crippen molar-refractivity contribution in [2.75, 3.05) is 6.54 Å². The van der Waals surface area contributed by atoms with Gasteiger partial charge in [0.15, 0.2) is 5.76 Å². The third-order valence-corrected chi connectivity index (χ3v) is 4.05. The van der Waals surface area contributed by atoms with Gasteiger partial charge in [0.25, 0.3) is 5.91 Å². The van der Waals surface area contributed by atoms with Crippen LogP contribution in [0.3, 0.4) is 0 Å². The highest BCUT2D eigenvalue weighted by Gasteiger charge is 2.20. The van der Waals surface area contributed by atoms with Crippen molar-refractivity contribution in [3.63, 3.8) is 0 Å². The van der Waals surface area contributed by atoms with Gasteiger partial charge in [-0.1, -0.05) is 11.6 Å². The zero-order chi connectivity index (χ0) is 15.4. The van der Waals surface area contributed by atoms with E-state index in [2.05, 4.69) is 21.6 Å². The van der Waals surface area contributed by atoms with Crippen LogP contribution in [0.5, 0.6) is 0 Å². The summed E-state index contributed by atoms with van der Waals surface area (Å²) in [6, 6.07) is 3.59. The maximum atomic E-state index is 12.5. The number of hydrogen-bond acceptors (Lipinski definition) is 3. The summed E-state index contributed by atoms with van der Waals surface area (Å²) in [4.78, 5) is 12.5. The molecule has 3 rings (SSSR count). The Morgan fingerprint density at radius 3 is 3.09 bits per heavy atom. The van der Waals surface area contributed by atoms with Crippen LogP contribution in [0.25, 0.3) is 11.5 Å². The molecule has 0 saturated heterocycles. The molecule has 2 heterocycles. The molecule has 0 atom stereocenters. The predicted molar refractivity (Wildman–Crippen MR) is 84.5 cm³/mol. The van der Waals surface area contributed by atoms with Crippen molar-refractivity contribution in [1.82, 2.24) is 15.5 Å². The summed E-state index contributed by atoms with van der Waals surface area (Å²) < 4.78 is 5.35. The van der Waals surface area contributed by atoms with Gasteiger partial charge in [-0.2, -0.15) is 5.10 Å². The average molecular weight is 299 g/mol. The van der Waals surface area contributed by atoms with Gasteiger partial charge < -0.3 is 9.73 Å². The fraction of sp³-hybridized carbons (Fsp3) is 0.412. The number of carbonyl (C=O) groups is 1. The monoisotopic (exact) mass is 299 g/mol. The molecule has 1 aliphatic rings. The lowest BCUT2D eigenvalue weighted by Crippen LogP contribution is -2.25. The number of H-pyrrole nitrogens is 1. The molecule has 2 N–H and O–H groups in total. The summed E-state index contributed by atoms with van der Waals surface area (Å²) in [5.41, 5.74) is 3.34. The van der Waals surface area contributed by atoms with E-state index in [9.17, 15) is 4.79 Å². The molecule has 0 radical (unpaired) electrons. The van der Waals surface area contributed by atoms with E-state index >= 15 is 0 Å². The zero-order valence-electron chi connectivity index (χ0n) is 12.8. The van der Waals surface area contributed by atoms with Gasteiger partial charge in [0.1, 0.15) is 5.69 Å². The normalized spacial score (nSPS) is 14.7. The molecule has 0 unspecified atom stereocenters. The van der Waals surface area contributed by atoms with Crippen molar-refractivity contribution in [1.29, 1.82) is 0 Å². The minimum atomic E-state index is -0.103. The second kappa shape index (κ2) is 6.64. The number of nitrogens with zero attached hydrogens (tertiary/aromatic N) is 1. The number of aryl methyl sites for hydroxylation is 1. The van der Waals surface area contributed by atoms with Crippen LogP contribution in [0.15, 0.2) is 34.5 Å². The first-order chi connectivity index (χ1) is 10.8. The van der Waals surface area contributed by atoms with Gasteiger partial charge in [-0.25, -0.2) is 0 Å². The smallest absolute Gasteiger partial charge is 0.255 e. The van der Waals surface area contributed by atoms with E-state index in [1.807, 2.05) is 6.92 Å². The molecule has 116 valence electrons. The number of hydrogen-bond donors (Lipinski definition) is 2. The van der Waals surface area contributed by atoms with E-state index in [0.717, 1.165) is 18.5 Å². The van der Waals surface area contributed by atoms with E-state index in [1.165, 1.54) is 24.8 Å². The molecule has 5 nitrogen and oxygen atoms in total. The standard InChI is InChI=1S/C17H21N3O2/c1-12-15(16(20-19-12)14-8-5-11-22-14)17(21)18-10-9-13-6-3-2-4-7-13/h5-6,8,11H,2-4,7,9-10H2,1H3,(H,18,21)(H,19,20). The Morgan fingerprint density at radius 1 is 1.45 bits per heavy atom. The van der Waals surface area contributed by atoms with E-state index in [4.69, 9.17) is 4.42 Å². The Bertz CT molecular complexity index is 668. The zero-order valence-corrected chi connectivity index (χ0v) is 12.8. The summed E-state index contributed by atoms with van der Waals surface area (Å²) in [5, 5.41) is 10.0. The average Bonchev–Trinajstić information content (AvgIpc) is 3.17. The molecular weight excluding hydrogens is 278 g/mol. The van der Waals surface area contributed by atoms with E-state index < -0.39 is 0 Å². The van der Waals surface area contributed by atoms with E-state index in [-0.39, 0.29) is 5.91 Å². The molecule has 22 heavy (non-hydrogen) atoms. The van der Waals surface area contributed by atoms with E-state index in [0.29, 0.717) is 23.6 Å². The molecule has 0 fully saturated rings. The fourth-order valence-corrected chi connectivity index (χ4v) is 2.86. The number of aromatic amines is 1. The second-order valence-electron chi connectivity index (χ2n) is 5.66. The first-order valence-electron chi connectivity index (χ1n) is 7.80. The van der Waals surface area contributed by atoms with Gasteiger partial charge in [-0.3, -0.25) is 9.89 Å². The van der Waals surface area contributed by atoms with Crippen LogP contribution in [-0.4, -0.2) is 22.6 Å². The van der Waals surface area contributed by atoms with Gasteiger partial charge in [-0.15, -0.1) is 0 Å². The van der Waals surface area contributed by atoms with Crippen molar-refractivity contribution in [3.8, 4) is 11.5 Å². The summed E-state index contributed by atoms with van der Waals surface area (Å²) >= 11 is 0. The first kappa shape index (κ1) is 14.6. The molecule has 1 amide bonds. The van der Waals surface area contributed by atoms with Gasteiger partial charge >= 0.3 is 0 Å². The van der Waals surface area contributed by atoms with Gasteiger partial charge in [-0.05, 0) is 51.2 Å². The van der Waals surface area contributed by atoms with Crippen LogP contribution >= 0.6 is 0 Å². The first-order valence-corrected chi connectivity index (χ1v) is 7.80. The summed E-state index contributed by atoms with van der Waals surface area (Å²) in [7, 11) is 0. The van der Waals surface area contributed by atoms with Crippen molar-refractivity contribution < 1.29 is 9.21 Å². The number of aromatic nitrogens is 2. The molecule has 2 aromatic rings. The van der Waals surface area contributed by atoms with Gasteiger partial charge in [0, 0.05) is 12.2 Å². The SMILES string of the molecule is Cc1[nH]nc(-c2ccco2)c1C(=O)NCCC1=CCCCC1. The Morgan fingerprint density at radius 2 is 2.36 bits per heavy atom. The maximum Gasteiger partial charge on any atom is 0.255 e. The number of nitrogens with one attached hydrogen (secondary N) is 2. The Hall–Kier alpha value is -2.30. The number of rotatable bonds is 5. The van der Waals surface area contributed by atoms with Gasteiger partial charge in [0.2, 0.25) is 0 Å². The Kier molecular flexibility index (Phi) is 4.42. The van der Waals surface area contributed by atoms with Crippen LogP contribution in [0, 0.1) is 6.92 Å². The summed E-state index contributed by atoms with van der Waals surface area (Å²) in [5.74, 6) is 0.499.